The van der Waals surface area contributed by atoms with Gasteiger partial charge in [-0.25, -0.2) is 0 Å². The molecule has 0 unspecified atom stereocenters. The Balaban J connectivity index is 1.05. The first-order valence-electron chi connectivity index (χ1n) is 22.5. The Morgan fingerprint density at radius 3 is 1.28 bits per heavy atom. The van der Waals surface area contributed by atoms with Crippen molar-refractivity contribution in [3.63, 3.8) is 0 Å². The first-order chi connectivity index (χ1) is 31.5. The second kappa shape index (κ2) is 15.1. The van der Waals surface area contributed by atoms with Crippen LogP contribution in [0.1, 0.15) is 25.0 Å². The van der Waals surface area contributed by atoms with E-state index in [-0.39, 0.29) is 5.41 Å². The molecule has 0 atom stereocenters. The molecule has 0 saturated carbocycles. The SMILES string of the molecule is CC1(C)c2cc(-c3c4ccccc4c(-c4ccccc4-c4cccc5ccccc45)c4ccccc34)ccc2-c2ccc([Si](c3ccccc3)(c3ccccc3)c3ccccc3)cc21. The summed E-state index contributed by atoms with van der Waals surface area (Å²) in [5.74, 6) is 0. The predicted octanol–water partition coefficient (Wildman–Crippen LogP) is 13.8. The fourth-order valence-electron chi connectivity index (χ4n) is 11.3. The lowest BCUT2D eigenvalue weighted by Gasteiger charge is -2.35. The van der Waals surface area contributed by atoms with Crippen LogP contribution in [-0.2, 0) is 5.41 Å². The molecular weight excluding hydrogens is 785 g/mol. The van der Waals surface area contributed by atoms with Crippen LogP contribution in [0.3, 0.4) is 0 Å². The van der Waals surface area contributed by atoms with Gasteiger partial charge >= 0.3 is 0 Å². The molecule has 64 heavy (non-hydrogen) atoms. The summed E-state index contributed by atoms with van der Waals surface area (Å²) in [7, 11) is -2.71. The number of hydrogen-bond acceptors (Lipinski definition) is 0. The highest BCUT2D eigenvalue weighted by Gasteiger charge is 2.44. The minimum atomic E-state index is -2.71. The van der Waals surface area contributed by atoms with Gasteiger partial charge in [0.2, 0.25) is 0 Å². The lowest BCUT2D eigenvalue weighted by molar-refractivity contribution is 0.661. The lowest BCUT2D eigenvalue weighted by Crippen LogP contribution is -2.74. The quantitative estimate of drug-likeness (QED) is 0.0853. The van der Waals surface area contributed by atoms with E-state index < -0.39 is 8.07 Å². The van der Waals surface area contributed by atoms with Crippen molar-refractivity contribution in [3.8, 4) is 44.5 Å². The zero-order chi connectivity index (χ0) is 42.8. The van der Waals surface area contributed by atoms with Crippen LogP contribution < -0.4 is 20.7 Å². The molecule has 302 valence electrons. The molecule has 0 saturated heterocycles. The average Bonchev–Trinajstić information content (AvgIpc) is 3.58. The summed E-state index contributed by atoms with van der Waals surface area (Å²) in [6.45, 7) is 4.87. The lowest BCUT2D eigenvalue weighted by atomic mass is 9.80. The highest BCUT2D eigenvalue weighted by atomic mass is 28.3. The van der Waals surface area contributed by atoms with E-state index in [1.54, 1.807) is 0 Å². The second-order valence-corrected chi connectivity index (χ2v) is 21.7. The fraction of sp³-hybridized carbons (Fsp3) is 0.0476. The third kappa shape index (κ3) is 5.74. The van der Waals surface area contributed by atoms with E-state index in [4.69, 9.17) is 0 Å². The molecule has 0 aliphatic heterocycles. The van der Waals surface area contributed by atoms with Crippen molar-refractivity contribution < 1.29 is 0 Å². The number of benzene rings is 11. The molecule has 0 amide bonds. The molecule has 0 heterocycles. The molecule has 0 N–H and O–H groups in total. The van der Waals surface area contributed by atoms with Crippen LogP contribution in [0, 0.1) is 0 Å². The van der Waals surface area contributed by atoms with E-state index in [2.05, 4.69) is 257 Å². The Kier molecular flexibility index (Phi) is 8.96. The Morgan fingerprint density at radius 1 is 0.281 bits per heavy atom. The Bertz CT molecular complexity index is 3410. The number of rotatable bonds is 7. The van der Waals surface area contributed by atoms with Gasteiger partial charge in [0.25, 0.3) is 0 Å². The van der Waals surface area contributed by atoms with Crippen molar-refractivity contribution in [2.75, 3.05) is 0 Å². The zero-order valence-corrected chi connectivity index (χ0v) is 37.1. The van der Waals surface area contributed by atoms with Gasteiger partial charge in [-0.3, -0.25) is 0 Å². The van der Waals surface area contributed by atoms with E-state index in [0.29, 0.717) is 0 Å². The maximum atomic E-state index is 2.58. The molecule has 1 aliphatic carbocycles. The first-order valence-corrected chi connectivity index (χ1v) is 24.5. The summed E-state index contributed by atoms with van der Waals surface area (Å²) in [6.07, 6.45) is 0. The molecule has 1 aliphatic rings. The average molecular weight is 831 g/mol. The highest BCUT2D eigenvalue weighted by molar-refractivity contribution is 7.19. The van der Waals surface area contributed by atoms with Crippen molar-refractivity contribution in [2.24, 2.45) is 0 Å². The molecule has 11 aromatic carbocycles. The smallest absolute Gasteiger partial charge is 0.0623 e. The molecular formula is C63H46Si. The zero-order valence-electron chi connectivity index (χ0n) is 36.1. The third-order valence-electron chi connectivity index (χ3n) is 14.2. The van der Waals surface area contributed by atoms with E-state index in [9.17, 15) is 0 Å². The largest absolute Gasteiger partial charge is 0.179 e. The van der Waals surface area contributed by atoms with Gasteiger partial charge in [-0.1, -0.05) is 250 Å². The summed E-state index contributed by atoms with van der Waals surface area (Å²) in [6, 6.07) is 91.2. The van der Waals surface area contributed by atoms with E-state index in [1.165, 1.54) is 109 Å². The van der Waals surface area contributed by atoms with Crippen LogP contribution >= 0.6 is 0 Å². The monoisotopic (exact) mass is 830 g/mol. The third-order valence-corrected chi connectivity index (χ3v) is 19.0. The van der Waals surface area contributed by atoms with Gasteiger partial charge in [-0.05, 0) is 115 Å². The Labute approximate surface area is 376 Å². The number of fused-ring (bicyclic) bond motifs is 6. The van der Waals surface area contributed by atoms with Crippen LogP contribution in [0.25, 0.3) is 76.8 Å². The minimum absolute atomic E-state index is 0.232. The minimum Gasteiger partial charge on any atom is -0.0623 e. The normalized spacial score (nSPS) is 13.0. The van der Waals surface area contributed by atoms with Crippen molar-refractivity contribution in [1.82, 2.24) is 0 Å². The van der Waals surface area contributed by atoms with Gasteiger partial charge in [-0.2, -0.15) is 0 Å². The Morgan fingerprint density at radius 2 is 0.703 bits per heavy atom. The molecule has 12 rings (SSSR count). The van der Waals surface area contributed by atoms with E-state index in [1.807, 2.05) is 0 Å². The summed E-state index contributed by atoms with van der Waals surface area (Å²) in [5, 5.41) is 13.2. The predicted molar refractivity (Wildman–Crippen MR) is 276 cm³/mol. The summed E-state index contributed by atoms with van der Waals surface area (Å²) in [5.41, 5.74) is 12.8. The van der Waals surface area contributed by atoms with Gasteiger partial charge in [0.05, 0.1) is 0 Å². The van der Waals surface area contributed by atoms with Crippen LogP contribution in [0.5, 0.6) is 0 Å². The van der Waals surface area contributed by atoms with Gasteiger partial charge in [0.15, 0.2) is 8.07 Å². The topological polar surface area (TPSA) is 0 Å². The summed E-state index contributed by atoms with van der Waals surface area (Å²) in [4.78, 5) is 0. The van der Waals surface area contributed by atoms with Crippen molar-refractivity contribution >= 4 is 61.1 Å². The van der Waals surface area contributed by atoms with Crippen molar-refractivity contribution in [3.05, 3.63) is 254 Å². The molecule has 0 radical (unpaired) electrons. The second-order valence-electron chi connectivity index (χ2n) is 17.9. The molecule has 1 heteroatoms. The summed E-state index contributed by atoms with van der Waals surface area (Å²) >= 11 is 0. The molecule has 0 nitrogen and oxygen atoms in total. The molecule has 0 aromatic heterocycles. The first kappa shape index (κ1) is 38.1. The van der Waals surface area contributed by atoms with Gasteiger partial charge < -0.3 is 0 Å². The summed E-state index contributed by atoms with van der Waals surface area (Å²) < 4.78 is 0. The number of hydrogen-bond donors (Lipinski definition) is 0. The van der Waals surface area contributed by atoms with Gasteiger partial charge in [0.1, 0.15) is 0 Å². The van der Waals surface area contributed by atoms with E-state index >= 15 is 0 Å². The highest BCUT2D eigenvalue weighted by Crippen LogP contribution is 2.52. The molecule has 0 bridgehead atoms. The van der Waals surface area contributed by atoms with Crippen LogP contribution in [-0.4, -0.2) is 8.07 Å². The van der Waals surface area contributed by atoms with Crippen molar-refractivity contribution in [2.45, 2.75) is 19.3 Å². The maximum absolute atomic E-state index is 2.71. The van der Waals surface area contributed by atoms with Crippen LogP contribution in [0.15, 0.2) is 243 Å². The van der Waals surface area contributed by atoms with Crippen LogP contribution in [0.2, 0.25) is 0 Å². The van der Waals surface area contributed by atoms with Gasteiger partial charge in [0, 0.05) is 5.41 Å². The van der Waals surface area contributed by atoms with Gasteiger partial charge in [-0.15, -0.1) is 0 Å². The van der Waals surface area contributed by atoms with E-state index in [0.717, 1.165) is 0 Å². The van der Waals surface area contributed by atoms with Crippen LogP contribution in [0.4, 0.5) is 0 Å². The van der Waals surface area contributed by atoms with Crippen molar-refractivity contribution in [1.29, 1.82) is 0 Å². The molecule has 11 aromatic rings. The fourth-order valence-corrected chi connectivity index (χ4v) is 16.1. The standard InChI is InChI=1S/C63H46Si/c1-63(2)59-41-44(37-39-52(59)53-40-38-48(42-60(53)63)64(45-23-6-3-7-24-45,46-25-8-4-9-26-46)47-27-10-5-11-28-47)61-55-32-16-18-34-57(55)62(58-35-19-17-33-56(58)61)54-31-15-14-30-51(54)50-36-20-22-43-21-12-13-29-49(43)50/h3-42H,1-2H3. The molecule has 0 spiro atoms. The molecule has 0 fully saturated rings. The maximum Gasteiger partial charge on any atom is 0.179 e. The Hall–Kier alpha value is -7.58.